The molecular formula is C13H16N4O3. The van der Waals surface area contributed by atoms with Gasteiger partial charge in [-0.1, -0.05) is 5.21 Å². The van der Waals surface area contributed by atoms with Gasteiger partial charge < -0.3 is 14.1 Å². The lowest BCUT2D eigenvalue weighted by atomic mass is 10.3. The minimum Gasteiger partial charge on any atom is -0.472 e. The van der Waals surface area contributed by atoms with E-state index in [1.807, 2.05) is 15.8 Å². The molecule has 106 valence electrons. The monoisotopic (exact) mass is 276 g/mol. The zero-order valence-electron chi connectivity index (χ0n) is 11.2. The highest BCUT2D eigenvalue weighted by molar-refractivity contribution is 5.94. The molecule has 0 N–H and O–H groups in total. The van der Waals surface area contributed by atoms with Crippen LogP contribution in [0.3, 0.4) is 0 Å². The number of carbonyl (C=O) groups excluding carboxylic acids is 1. The Labute approximate surface area is 116 Å². The van der Waals surface area contributed by atoms with E-state index in [9.17, 15) is 4.79 Å². The topological polar surface area (TPSA) is 73.4 Å². The highest BCUT2D eigenvalue weighted by atomic mass is 16.5. The number of nitrogens with zero attached hydrogens (tertiary/aromatic N) is 4. The minimum absolute atomic E-state index is 0.00141. The van der Waals surface area contributed by atoms with Crippen LogP contribution in [0.5, 0.6) is 0 Å². The molecule has 1 amide bonds. The highest BCUT2D eigenvalue weighted by Gasteiger charge is 2.29. The van der Waals surface area contributed by atoms with E-state index in [-0.39, 0.29) is 11.9 Å². The number of ether oxygens (including phenoxy) is 1. The summed E-state index contributed by atoms with van der Waals surface area (Å²) >= 11 is 0. The Bertz CT molecular complexity index is 578. The molecule has 1 saturated heterocycles. The molecule has 1 aliphatic heterocycles. The Morgan fingerprint density at radius 2 is 2.50 bits per heavy atom. The zero-order valence-corrected chi connectivity index (χ0v) is 11.2. The van der Waals surface area contributed by atoms with Gasteiger partial charge in [-0.15, -0.1) is 5.10 Å². The molecule has 2 aromatic rings. The highest BCUT2D eigenvalue weighted by Crippen LogP contribution is 2.22. The number of carbonyl (C=O) groups is 1. The average molecular weight is 276 g/mol. The molecule has 1 atom stereocenters. The van der Waals surface area contributed by atoms with E-state index in [2.05, 4.69) is 10.3 Å². The maximum Gasteiger partial charge on any atom is 0.257 e. The Kier molecular flexibility index (Phi) is 3.51. The summed E-state index contributed by atoms with van der Waals surface area (Å²) in [5.41, 5.74) is 1.39. The van der Waals surface area contributed by atoms with Crippen LogP contribution in [0.4, 0.5) is 0 Å². The number of likely N-dealkylation sites (tertiary alicyclic amines) is 1. The standard InChI is InChI=1S/C13H16N4O3/c1-19-9-11-6-17(15-14-11)12-2-4-16(7-12)13(18)10-3-5-20-8-10/h3,5-6,8,12H,2,4,7,9H2,1H3. The fraction of sp³-hybridized carbons (Fsp3) is 0.462. The minimum atomic E-state index is -0.00141. The first kappa shape index (κ1) is 12.9. The van der Waals surface area contributed by atoms with Gasteiger partial charge in [0.05, 0.1) is 30.7 Å². The van der Waals surface area contributed by atoms with Crippen molar-refractivity contribution in [3.8, 4) is 0 Å². The summed E-state index contributed by atoms with van der Waals surface area (Å²) in [6.07, 6.45) is 5.73. The number of methoxy groups -OCH3 is 1. The molecule has 0 saturated carbocycles. The van der Waals surface area contributed by atoms with Crippen LogP contribution in [0.1, 0.15) is 28.5 Å². The van der Waals surface area contributed by atoms with E-state index < -0.39 is 0 Å². The quantitative estimate of drug-likeness (QED) is 0.836. The van der Waals surface area contributed by atoms with Crippen molar-refractivity contribution in [2.45, 2.75) is 19.1 Å². The van der Waals surface area contributed by atoms with Gasteiger partial charge in [-0.05, 0) is 12.5 Å². The molecule has 0 aromatic carbocycles. The molecule has 1 unspecified atom stereocenters. The van der Waals surface area contributed by atoms with Gasteiger partial charge in [0.25, 0.3) is 5.91 Å². The molecule has 0 spiro atoms. The molecule has 1 fully saturated rings. The molecule has 7 nitrogen and oxygen atoms in total. The van der Waals surface area contributed by atoms with Crippen LogP contribution in [-0.4, -0.2) is 46.0 Å². The summed E-state index contributed by atoms with van der Waals surface area (Å²) in [7, 11) is 1.62. The summed E-state index contributed by atoms with van der Waals surface area (Å²) in [5.74, 6) is -0.00141. The normalized spacial score (nSPS) is 18.6. The number of hydrogen-bond donors (Lipinski definition) is 0. The van der Waals surface area contributed by atoms with Crippen molar-refractivity contribution >= 4 is 5.91 Å². The van der Waals surface area contributed by atoms with Gasteiger partial charge in [-0.2, -0.15) is 0 Å². The number of hydrogen-bond acceptors (Lipinski definition) is 5. The second kappa shape index (κ2) is 5.46. The SMILES string of the molecule is COCc1cn(C2CCN(C(=O)c3ccoc3)C2)nn1. The number of rotatable bonds is 4. The molecule has 20 heavy (non-hydrogen) atoms. The van der Waals surface area contributed by atoms with Gasteiger partial charge in [0.15, 0.2) is 0 Å². The number of amides is 1. The maximum atomic E-state index is 12.2. The van der Waals surface area contributed by atoms with E-state index in [0.717, 1.165) is 12.1 Å². The molecule has 0 bridgehead atoms. The number of aromatic nitrogens is 3. The third-order valence-corrected chi connectivity index (χ3v) is 3.44. The summed E-state index contributed by atoms with van der Waals surface area (Å²) in [4.78, 5) is 14.0. The van der Waals surface area contributed by atoms with Gasteiger partial charge in [-0.25, -0.2) is 4.68 Å². The van der Waals surface area contributed by atoms with Crippen LogP contribution < -0.4 is 0 Å². The smallest absolute Gasteiger partial charge is 0.257 e. The first-order valence-electron chi connectivity index (χ1n) is 6.49. The lowest BCUT2D eigenvalue weighted by Crippen LogP contribution is -2.28. The van der Waals surface area contributed by atoms with E-state index in [0.29, 0.717) is 25.3 Å². The van der Waals surface area contributed by atoms with Crippen molar-refractivity contribution in [3.05, 3.63) is 36.0 Å². The zero-order chi connectivity index (χ0) is 13.9. The first-order valence-corrected chi connectivity index (χ1v) is 6.49. The third-order valence-electron chi connectivity index (χ3n) is 3.44. The van der Waals surface area contributed by atoms with Crippen LogP contribution >= 0.6 is 0 Å². The molecule has 0 aliphatic carbocycles. The van der Waals surface area contributed by atoms with Gasteiger partial charge in [-0.3, -0.25) is 4.79 Å². The Balaban J connectivity index is 1.65. The van der Waals surface area contributed by atoms with E-state index in [1.165, 1.54) is 12.5 Å². The average Bonchev–Trinajstić information content (AvgIpc) is 3.19. The van der Waals surface area contributed by atoms with Crippen molar-refractivity contribution < 1.29 is 13.9 Å². The number of furan rings is 1. The van der Waals surface area contributed by atoms with Crippen LogP contribution in [0.15, 0.2) is 29.2 Å². The van der Waals surface area contributed by atoms with Gasteiger partial charge in [0.2, 0.25) is 0 Å². The van der Waals surface area contributed by atoms with Crippen LogP contribution in [0, 0.1) is 0 Å². The summed E-state index contributed by atoms with van der Waals surface area (Å²) in [6, 6.07) is 1.85. The van der Waals surface area contributed by atoms with Gasteiger partial charge in [0, 0.05) is 20.2 Å². The molecule has 2 aromatic heterocycles. The molecule has 0 radical (unpaired) electrons. The van der Waals surface area contributed by atoms with Gasteiger partial charge >= 0.3 is 0 Å². The lowest BCUT2D eigenvalue weighted by molar-refractivity contribution is 0.0786. The predicted molar refractivity (Wildman–Crippen MR) is 69.0 cm³/mol. The molecule has 1 aliphatic rings. The van der Waals surface area contributed by atoms with Crippen LogP contribution in [-0.2, 0) is 11.3 Å². The Morgan fingerprint density at radius 3 is 3.25 bits per heavy atom. The van der Waals surface area contributed by atoms with Crippen molar-refractivity contribution in [1.82, 2.24) is 19.9 Å². The third kappa shape index (κ3) is 2.44. The molecular weight excluding hydrogens is 260 g/mol. The lowest BCUT2D eigenvalue weighted by Gasteiger charge is -2.15. The van der Waals surface area contributed by atoms with Gasteiger partial charge in [0.1, 0.15) is 12.0 Å². The van der Waals surface area contributed by atoms with E-state index in [1.54, 1.807) is 13.2 Å². The maximum absolute atomic E-state index is 12.2. The summed E-state index contributed by atoms with van der Waals surface area (Å²) in [6.45, 7) is 1.80. The van der Waals surface area contributed by atoms with Crippen molar-refractivity contribution in [1.29, 1.82) is 0 Å². The summed E-state index contributed by atoms with van der Waals surface area (Å²) in [5, 5.41) is 8.14. The van der Waals surface area contributed by atoms with Crippen LogP contribution in [0.25, 0.3) is 0 Å². The summed E-state index contributed by atoms with van der Waals surface area (Å²) < 4.78 is 11.8. The predicted octanol–water partition coefficient (Wildman–Crippen LogP) is 1.10. The van der Waals surface area contributed by atoms with Crippen molar-refractivity contribution in [2.75, 3.05) is 20.2 Å². The van der Waals surface area contributed by atoms with Crippen molar-refractivity contribution in [3.63, 3.8) is 0 Å². The molecule has 3 rings (SSSR count). The van der Waals surface area contributed by atoms with Crippen LogP contribution in [0.2, 0.25) is 0 Å². The fourth-order valence-corrected chi connectivity index (χ4v) is 2.42. The second-order valence-electron chi connectivity index (χ2n) is 4.83. The Morgan fingerprint density at radius 1 is 1.60 bits per heavy atom. The van der Waals surface area contributed by atoms with E-state index >= 15 is 0 Å². The van der Waals surface area contributed by atoms with E-state index in [4.69, 9.17) is 9.15 Å². The molecule has 7 heteroatoms. The largest absolute Gasteiger partial charge is 0.472 e. The fourth-order valence-electron chi connectivity index (χ4n) is 2.42. The molecule has 3 heterocycles. The second-order valence-corrected chi connectivity index (χ2v) is 4.83. The van der Waals surface area contributed by atoms with Crippen molar-refractivity contribution in [2.24, 2.45) is 0 Å². The first-order chi connectivity index (χ1) is 9.78. The Hall–Kier alpha value is -2.15.